The highest BCUT2D eigenvalue weighted by molar-refractivity contribution is 7.99. The van der Waals surface area contributed by atoms with Crippen LogP contribution in [0.4, 0.5) is 13.2 Å². The molecule has 3 heterocycles. The van der Waals surface area contributed by atoms with Gasteiger partial charge in [0.15, 0.2) is 5.65 Å². The fourth-order valence-corrected chi connectivity index (χ4v) is 2.54. The van der Waals surface area contributed by atoms with Crippen LogP contribution in [0.15, 0.2) is 22.3 Å². The quantitative estimate of drug-likeness (QED) is 0.724. The van der Waals surface area contributed by atoms with E-state index in [1.807, 2.05) is 13.8 Å². The largest absolute Gasteiger partial charge is 0.453 e. The summed E-state index contributed by atoms with van der Waals surface area (Å²) < 4.78 is 40.7. The Bertz CT molecular complexity index is 808. The van der Waals surface area contributed by atoms with E-state index in [9.17, 15) is 13.2 Å². The van der Waals surface area contributed by atoms with Gasteiger partial charge in [0.2, 0.25) is 5.16 Å². The molecule has 22 heavy (non-hydrogen) atoms. The highest BCUT2D eigenvalue weighted by Crippen LogP contribution is 2.29. The average Bonchev–Trinajstić information content (AvgIpc) is 3.03. The number of hydrogen-bond donors (Lipinski definition) is 0. The fourth-order valence-electron chi connectivity index (χ4n) is 1.67. The maximum atomic E-state index is 12.8. The van der Waals surface area contributed by atoms with Crippen molar-refractivity contribution in [2.75, 3.05) is 0 Å². The Kier molecular flexibility index (Phi) is 3.47. The Hall–Kier alpha value is -2.24. The van der Waals surface area contributed by atoms with Gasteiger partial charge in [-0.2, -0.15) is 22.8 Å². The third-order valence-electron chi connectivity index (χ3n) is 2.64. The highest BCUT2D eigenvalue weighted by atomic mass is 32.2. The topological polar surface area (TPSA) is 86.7 Å². The van der Waals surface area contributed by atoms with E-state index >= 15 is 0 Å². The number of alkyl halides is 3. The number of tetrazole rings is 1. The van der Waals surface area contributed by atoms with Crippen molar-refractivity contribution in [1.29, 1.82) is 0 Å². The van der Waals surface area contributed by atoms with Crippen molar-refractivity contribution in [2.45, 2.75) is 36.2 Å². The zero-order valence-corrected chi connectivity index (χ0v) is 12.2. The minimum absolute atomic E-state index is 0.0140. The second-order valence-corrected chi connectivity index (χ2v) is 5.55. The number of aromatic nitrogens is 8. The Morgan fingerprint density at radius 3 is 2.59 bits per heavy atom. The van der Waals surface area contributed by atoms with Crippen molar-refractivity contribution in [3.05, 3.63) is 18.0 Å². The molecule has 0 atom stereocenters. The van der Waals surface area contributed by atoms with E-state index in [1.165, 1.54) is 12.1 Å². The molecule has 3 rings (SSSR count). The van der Waals surface area contributed by atoms with Crippen LogP contribution in [0.25, 0.3) is 5.65 Å². The lowest BCUT2D eigenvalue weighted by atomic mass is 10.4. The van der Waals surface area contributed by atoms with E-state index in [2.05, 4.69) is 30.8 Å². The summed E-state index contributed by atoms with van der Waals surface area (Å²) in [5.41, 5.74) is 0.0140. The number of halogens is 3. The zero-order chi connectivity index (χ0) is 15.9. The third kappa shape index (κ3) is 2.61. The van der Waals surface area contributed by atoms with Gasteiger partial charge in [0, 0.05) is 0 Å². The highest BCUT2D eigenvalue weighted by Gasteiger charge is 2.37. The van der Waals surface area contributed by atoms with Gasteiger partial charge in [0.1, 0.15) is 5.03 Å². The van der Waals surface area contributed by atoms with Gasteiger partial charge in [-0.15, -0.1) is 15.3 Å². The van der Waals surface area contributed by atoms with Crippen LogP contribution in [0.3, 0.4) is 0 Å². The SMILES string of the molecule is CC(C)n1nnnc1Sc1ccc2nnc(C(F)(F)F)n2n1. The summed E-state index contributed by atoms with van der Waals surface area (Å²) in [6.07, 6.45) is -4.63. The molecule has 0 aromatic carbocycles. The Morgan fingerprint density at radius 1 is 1.14 bits per heavy atom. The molecule has 0 aliphatic carbocycles. The van der Waals surface area contributed by atoms with Crippen LogP contribution >= 0.6 is 11.8 Å². The molecule has 0 saturated heterocycles. The molecule has 0 spiro atoms. The van der Waals surface area contributed by atoms with E-state index in [0.29, 0.717) is 14.7 Å². The lowest BCUT2D eigenvalue weighted by Crippen LogP contribution is -2.12. The average molecular weight is 330 g/mol. The number of fused-ring (bicyclic) bond motifs is 1. The molecule has 3 aromatic heterocycles. The summed E-state index contributed by atoms with van der Waals surface area (Å²) in [6.45, 7) is 3.77. The first-order chi connectivity index (χ1) is 10.4. The summed E-state index contributed by atoms with van der Waals surface area (Å²) in [5, 5.41) is 22.4. The number of rotatable bonds is 3. The van der Waals surface area contributed by atoms with Gasteiger partial charge in [-0.1, -0.05) is 0 Å². The molecule has 12 heteroatoms. The second kappa shape index (κ2) is 5.19. The molecular formula is C10H9F3N8S. The molecule has 0 fully saturated rings. The molecular weight excluding hydrogens is 321 g/mol. The van der Waals surface area contributed by atoms with Crippen LogP contribution in [0.1, 0.15) is 25.7 Å². The summed E-state index contributed by atoms with van der Waals surface area (Å²) in [4.78, 5) is 0. The first kappa shape index (κ1) is 14.7. The van der Waals surface area contributed by atoms with Gasteiger partial charge in [0.05, 0.1) is 6.04 Å². The van der Waals surface area contributed by atoms with Crippen molar-refractivity contribution in [3.8, 4) is 0 Å². The van der Waals surface area contributed by atoms with Crippen LogP contribution in [0.5, 0.6) is 0 Å². The van der Waals surface area contributed by atoms with Crippen LogP contribution in [0, 0.1) is 0 Å². The molecule has 0 saturated carbocycles. The standard InChI is InChI=1S/C10H9F3N8S/c1-5(2)20-9(16-18-19-20)22-7-4-3-6-14-15-8(10(11,12)13)21(6)17-7/h3-5H,1-2H3. The first-order valence-corrected chi connectivity index (χ1v) is 6.93. The molecule has 0 amide bonds. The van der Waals surface area contributed by atoms with Crippen molar-refractivity contribution in [1.82, 2.24) is 40.0 Å². The van der Waals surface area contributed by atoms with Gasteiger partial charge in [-0.3, -0.25) is 0 Å². The Labute approximate surface area is 125 Å². The summed E-state index contributed by atoms with van der Waals surface area (Å²) in [5.74, 6) is -1.17. The molecule has 0 unspecified atom stereocenters. The lowest BCUT2D eigenvalue weighted by molar-refractivity contribution is -0.146. The molecule has 8 nitrogen and oxygen atoms in total. The van der Waals surface area contributed by atoms with E-state index in [0.717, 1.165) is 11.8 Å². The summed E-state index contributed by atoms with van der Waals surface area (Å²) in [6, 6.07) is 2.96. The smallest absolute Gasteiger partial charge is 0.218 e. The minimum Gasteiger partial charge on any atom is -0.218 e. The van der Waals surface area contributed by atoms with Crippen molar-refractivity contribution < 1.29 is 13.2 Å². The van der Waals surface area contributed by atoms with Crippen LogP contribution in [-0.4, -0.2) is 40.0 Å². The third-order valence-corrected chi connectivity index (χ3v) is 3.52. The maximum Gasteiger partial charge on any atom is 0.453 e. The first-order valence-electron chi connectivity index (χ1n) is 6.11. The van der Waals surface area contributed by atoms with Crippen LogP contribution < -0.4 is 0 Å². The van der Waals surface area contributed by atoms with E-state index in [-0.39, 0.29) is 11.7 Å². The van der Waals surface area contributed by atoms with Gasteiger partial charge in [0.25, 0.3) is 5.82 Å². The van der Waals surface area contributed by atoms with E-state index in [1.54, 1.807) is 4.68 Å². The normalized spacial score (nSPS) is 12.5. The molecule has 0 N–H and O–H groups in total. The van der Waals surface area contributed by atoms with E-state index in [4.69, 9.17) is 0 Å². The Morgan fingerprint density at radius 2 is 1.91 bits per heavy atom. The van der Waals surface area contributed by atoms with Crippen LogP contribution in [0.2, 0.25) is 0 Å². The van der Waals surface area contributed by atoms with E-state index < -0.39 is 12.0 Å². The number of nitrogens with zero attached hydrogens (tertiary/aromatic N) is 8. The predicted molar refractivity (Wildman–Crippen MR) is 68.1 cm³/mol. The van der Waals surface area contributed by atoms with Crippen LogP contribution in [-0.2, 0) is 6.18 Å². The molecule has 0 aliphatic heterocycles. The minimum atomic E-state index is -4.63. The second-order valence-electron chi connectivity index (χ2n) is 4.56. The molecule has 116 valence electrons. The molecule has 0 radical (unpaired) electrons. The maximum absolute atomic E-state index is 12.8. The van der Waals surface area contributed by atoms with Gasteiger partial charge < -0.3 is 0 Å². The number of hydrogen-bond acceptors (Lipinski definition) is 7. The van der Waals surface area contributed by atoms with Crippen molar-refractivity contribution in [2.24, 2.45) is 0 Å². The van der Waals surface area contributed by atoms with Gasteiger partial charge in [-0.25, -0.2) is 4.68 Å². The molecule has 0 aliphatic rings. The van der Waals surface area contributed by atoms with Crippen molar-refractivity contribution in [3.63, 3.8) is 0 Å². The van der Waals surface area contributed by atoms with Gasteiger partial charge in [-0.05, 0) is 48.2 Å². The monoisotopic (exact) mass is 330 g/mol. The Balaban J connectivity index is 2.00. The molecule has 0 bridgehead atoms. The molecule has 3 aromatic rings. The fraction of sp³-hybridized carbons (Fsp3) is 0.400. The zero-order valence-electron chi connectivity index (χ0n) is 11.4. The van der Waals surface area contributed by atoms with Gasteiger partial charge >= 0.3 is 6.18 Å². The lowest BCUT2D eigenvalue weighted by Gasteiger charge is -2.07. The van der Waals surface area contributed by atoms with Crippen molar-refractivity contribution >= 4 is 17.4 Å². The summed E-state index contributed by atoms with van der Waals surface area (Å²) >= 11 is 1.06. The summed E-state index contributed by atoms with van der Waals surface area (Å²) in [7, 11) is 0. The predicted octanol–water partition coefficient (Wildman–Crippen LogP) is 1.86.